The number of unbranched alkanes of at least 4 members (excludes halogenated alkanes) is 8. The first-order valence-corrected chi connectivity index (χ1v) is 21.6. The van der Waals surface area contributed by atoms with E-state index in [0.29, 0.717) is 27.4 Å². The van der Waals surface area contributed by atoms with Crippen molar-refractivity contribution >= 4 is 79.3 Å². The van der Waals surface area contributed by atoms with E-state index in [9.17, 15) is 19.5 Å². The van der Waals surface area contributed by atoms with Gasteiger partial charge in [0.15, 0.2) is 16.4 Å². The molecule has 326 valence electrons. The van der Waals surface area contributed by atoms with Gasteiger partial charge in [0.25, 0.3) is 5.69 Å². The number of fused-ring (bicyclic) bond motifs is 2. The number of anilines is 3. The molecule has 2 aromatic carbocycles. The minimum absolute atomic E-state index is 0.0202. The molecule has 4 N–H and O–H groups in total. The van der Waals surface area contributed by atoms with Crippen molar-refractivity contribution < 1.29 is 33.8 Å². The van der Waals surface area contributed by atoms with Gasteiger partial charge in [-0.15, -0.1) is 10.2 Å². The Hall–Kier alpha value is -6.06. The minimum Gasteiger partial charge on any atom is -0.504 e. The highest BCUT2D eigenvalue weighted by Crippen LogP contribution is 2.40. The van der Waals surface area contributed by atoms with Gasteiger partial charge in [0, 0.05) is 26.3 Å². The number of ether oxygens (including phenoxy) is 2. The maximum absolute atomic E-state index is 13.7. The van der Waals surface area contributed by atoms with Crippen LogP contribution in [-0.2, 0) is 19.2 Å². The second-order valence-corrected chi connectivity index (χ2v) is 15.8. The van der Waals surface area contributed by atoms with Crippen molar-refractivity contribution in [2.45, 2.75) is 112 Å². The summed E-state index contributed by atoms with van der Waals surface area (Å²) in [5.74, 6) is -0.915. The van der Waals surface area contributed by atoms with Crippen LogP contribution in [0.25, 0.3) is 21.4 Å². The summed E-state index contributed by atoms with van der Waals surface area (Å²) in [6.45, 7) is 16.7. The van der Waals surface area contributed by atoms with E-state index in [1.54, 1.807) is 26.1 Å². The first-order chi connectivity index (χ1) is 29.4. The molecule has 3 heterocycles. The average molecular weight is 857 g/mol. The van der Waals surface area contributed by atoms with Crippen molar-refractivity contribution in [1.29, 1.82) is 0 Å². The van der Waals surface area contributed by atoms with E-state index < -0.39 is 17.8 Å². The lowest BCUT2D eigenvalue weighted by molar-refractivity contribution is -0.115. The number of aromatic hydroxyl groups is 1. The third-order valence-electron chi connectivity index (χ3n) is 10.0. The Morgan fingerprint density at radius 2 is 1.61 bits per heavy atom. The van der Waals surface area contributed by atoms with E-state index in [2.05, 4.69) is 54.0 Å². The van der Waals surface area contributed by atoms with Crippen molar-refractivity contribution in [1.82, 2.24) is 19.0 Å². The number of benzene rings is 2. The number of hydrogen-bond acceptors (Lipinski definition) is 13. The zero-order valence-electron chi connectivity index (χ0n) is 35.8. The van der Waals surface area contributed by atoms with Crippen LogP contribution in [0.1, 0.15) is 121 Å². The molecule has 5 rings (SSSR count). The summed E-state index contributed by atoms with van der Waals surface area (Å²) >= 11 is 1.12. The molecule has 0 saturated carbocycles. The molecule has 17 nitrogen and oxygen atoms in total. The molecule has 0 aliphatic rings. The van der Waals surface area contributed by atoms with Crippen LogP contribution in [0.4, 0.5) is 33.4 Å². The monoisotopic (exact) mass is 856 g/mol. The van der Waals surface area contributed by atoms with Gasteiger partial charge in [-0.3, -0.25) is 19.8 Å². The quantitative estimate of drug-likeness (QED) is 0.00880. The predicted octanol–water partition coefficient (Wildman–Crippen LogP) is 11.1. The molecule has 0 spiro atoms. The summed E-state index contributed by atoms with van der Waals surface area (Å²) in [5.41, 5.74) is 1.93. The van der Waals surface area contributed by atoms with Gasteiger partial charge in [-0.25, -0.2) is 24.0 Å². The zero-order chi connectivity index (χ0) is 43.9. The van der Waals surface area contributed by atoms with E-state index in [-0.39, 0.29) is 64.9 Å². The van der Waals surface area contributed by atoms with Crippen LogP contribution in [0.5, 0.6) is 11.6 Å². The molecule has 0 fully saturated rings. The van der Waals surface area contributed by atoms with Crippen LogP contribution in [0.3, 0.4) is 0 Å². The second-order valence-electron chi connectivity index (χ2n) is 15.0. The number of hydrogen-bond donors (Lipinski definition) is 4. The third-order valence-corrected chi connectivity index (χ3v) is 10.8. The van der Waals surface area contributed by atoms with Crippen molar-refractivity contribution in [3.63, 3.8) is 0 Å². The standard InChI is InChI=1S/C43H56N10O7S/c1-8-10-12-14-15-17-19-30(18-16-13-11-9-2)25-58-43(57)37-38(44-6)42(53-40(37)45-27(3)50-53)59-26-60-52(7)32-20-21-34-33(24-32)41(61-51-34)49-48-31-22-35(46-28(4)54)39(56)36(23-31)47-29(5)55/h20-24,30,56H,8-19,25-26H2,1-5,7H3,(H,45,50)(H,46,54)(H,47,55). The molecule has 5 aromatic rings. The lowest BCUT2D eigenvalue weighted by Crippen LogP contribution is -2.21. The first-order valence-electron chi connectivity index (χ1n) is 20.8. The number of esters is 1. The van der Waals surface area contributed by atoms with Gasteiger partial charge in [-0.05, 0) is 67.5 Å². The number of amides is 2. The molecule has 3 aromatic heterocycles. The van der Waals surface area contributed by atoms with Crippen LogP contribution in [0, 0.1) is 19.4 Å². The lowest BCUT2D eigenvalue weighted by atomic mass is 9.95. The van der Waals surface area contributed by atoms with Crippen molar-refractivity contribution in [2.24, 2.45) is 16.1 Å². The first kappa shape index (κ1) is 46.0. The normalized spacial score (nSPS) is 11.9. The summed E-state index contributed by atoms with van der Waals surface area (Å²) in [4.78, 5) is 51.3. The fourth-order valence-electron chi connectivity index (χ4n) is 6.93. The van der Waals surface area contributed by atoms with Crippen molar-refractivity contribution in [3.05, 3.63) is 53.1 Å². The van der Waals surface area contributed by atoms with E-state index in [1.807, 2.05) is 6.07 Å². The fraction of sp³-hybridized carbons (Fsp3) is 0.488. The number of nitrogens with one attached hydrogen (secondary N) is 3. The molecule has 61 heavy (non-hydrogen) atoms. The number of carbonyl (C=O) groups is 3. The number of rotatable bonds is 24. The molecule has 0 radical (unpaired) electrons. The van der Waals surface area contributed by atoms with Gasteiger partial charge in [0.2, 0.25) is 24.5 Å². The molecule has 1 atom stereocenters. The van der Waals surface area contributed by atoms with Crippen LogP contribution in [0.2, 0.25) is 0 Å². The summed E-state index contributed by atoms with van der Waals surface area (Å²) in [5, 5.41) is 30.0. The summed E-state index contributed by atoms with van der Waals surface area (Å²) in [7, 11) is 1.69. The summed E-state index contributed by atoms with van der Waals surface area (Å²) < 4.78 is 17.9. The lowest BCUT2D eigenvalue weighted by Gasteiger charge is -2.19. The molecule has 18 heteroatoms. The largest absolute Gasteiger partial charge is 0.504 e. The number of hydroxylamine groups is 1. The molecule has 1 unspecified atom stereocenters. The Labute approximate surface area is 359 Å². The van der Waals surface area contributed by atoms with Gasteiger partial charge in [-0.1, -0.05) is 78.1 Å². The fourth-order valence-corrected chi connectivity index (χ4v) is 7.61. The minimum atomic E-state index is -0.609. The highest BCUT2D eigenvalue weighted by molar-refractivity contribution is 7.11. The van der Waals surface area contributed by atoms with Crippen LogP contribution < -0.4 is 20.4 Å². The van der Waals surface area contributed by atoms with E-state index >= 15 is 0 Å². The predicted molar refractivity (Wildman–Crippen MR) is 237 cm³/mol. The number of nitrogens with zero attached hydrogens (tertiary/aromatic N) is 7. The maximum atomic E-state index is 13.7. The van der Waals surface area contributed by atoms with Crippen LogP contribution in [-0.4, -0.2) is 62.3 Å². The Morgan fingerprint density at radius 3 is 2.25 bits per heavy atom. The number of aromatic amines is 1. The molecule has 0 saturated heterocycles. The Balaban J connectivity index is 1.27. The summed E-state index contributed by atoms with van der Waals surface area (Å²) in [6, 6.07) is 8.28. The number of H-pyrrole nitrogens is 1. The van der Waals surface area contributed by atoms with Gasteiger partial charge < -0.3 is 25.2 Å². The van der Waals surface area contributed by atoms with E-state index in [4.69, 9.17) is 20.9 Å². The SMILES string of the molecule is [C-]#[N+]c1c(C(=O)OCC(CCCCCC)CCCCCCCC)c2nc(C)[nH]n2c1OCON(C)c1ccc2nsc(N=Nc3cc(NC(C)=O)c(O)c(NC(C)=O)c3)c2c1. The summed E-state index contributed by atoms with van der Waals surface area (Å²) in [6.07, 6.45) is 13.8. The highest BCUT2D eigenvalue weighted by Gasteiger charge is 2.30. The second kappa shape index (κ2) is 22.5. The van der Waals surface area contributed by atoms with Gasteiger partial charge in [-0.2, -0.15) is 4.37 Å². The van der Waals surface area contributed by atoms with Crippen LogP contribution >= 0.6 is 11.5 Å². The van der Waals surface area contributed by atoms with Gasteiger partial charge in [0.1, 0.15) is 11.4 Å². The number of phenols is 1. The smallest absolute Gasteiger partial charge is 0.331 e. The molecular weight excluding hydrogens is 801 g/mol. The van der Waals surface area contributed by atoms with Crippen molar-refractivity contribution in [2.75, 3.05) is 36.1 Å². The maximum Gasteiger partial charge on any atom is 0.331 e. The molecule has 0 aliphatic heterocycles. The number of phenolic OH excluding ortho intramolecular Hbond substituents is 1. The van der Waals surface area contributed by atoms with Crippen molar-refractivity contribution in [3.8, 4) is 11.6 Å². The average Bonchev–Trinajstić information content (AvgIpc) is 3.90. The van der Waals surface area contributed by atoms with E-state index in [0.717, 1.165) is 50.1 Å². The number of carbonyl (C=O) groups excluding carboxylic acids is 3. The number of aryl methyl sites for hydroxylation is 1. The topological polar surface area (TPSA) is 201 Å². The van der Waals surface area contributed by atoms with E-state index in [1.165, 1.54) is 74.1 Å². The number of aromatic nitrogens is 4. The molecule has 2 amide bonds. The molecular formula is C43H56N10O7S. The highest BCUT2D eigenvalue weighted by atomic mass is 32.1. The zero-order valence-corrected chi connectivity index (χ0v) is 36.6. The molecule has 0 aliphatic carbocycles. The van der Waals surface area contributed by atoms with Crippen LogP contribution in [0.15, 0.2) is 40.6 Å². The van der Waals surface area contributed by atoms with Gasteiger partial charge >= 0.3 is 5.97 Å². The third kappa shape index (κ3) is 12.5. The number of azo groups is 1. The van der Waals surface area contributed by atoms with Gasteiger partial charge in [0.05, 0.1) is 41.4 Å². The Bertz CT molecular complexity index is 2320. The molecule has 0 bridgehead atoms. The Morgan fingerprint density at radius 1 is 0.967 bits per heavy atom. The Kier molecular flexibility index (Phi) is 17.0.